The van der Waals surface area contributed by atoms with E-state index in [-0.39, 0.29) is 0 Å². The molecule has 16 heavy (non-hydrogen) atoms. The molecule has 0 aromatic carbocycles. The zero-order chi connectivity index (χ0) is 12.4. The molecule has 0 unspecified atom stereocenters. The highest BCUT2D eigenvalue weighted by molar-refractivity contribution is 8.77. The van der Waals surface area contributed by atoms with Gasteiger partial charge in [-0.2, -0.15) is 0 Å². The molecule has 96 valence electrons. The molecule has 0 radical (unpaired) electrons. The first-order valence-corrected chi connectivity index (χ1v) is 8.36. The van der Waals surface area contributed by atoms with Gasteiger partial charge >= 0.3 is 0 Å². The quantitative estimate of drug-likeness (QED) is 0.482. The van der Waals surface area contributed by atoms with Crippen LogP contribution < -0.4 is 5.32 Å². The van der Waals surface area contributed by atoms with Gasteiger partial charge in [0.05, 0.1) is 6.54 Å². The van der Waals surface area contributed by atoms with Gasteiger partial charge in [-0.3, -0.25) is 4.79 Å². The highest BCUT2D eigenvalue weighted by Crippen LogP contribution is 2.38. The summed E-state index contributed by atoms with van der Waals surface area (Å²) in [5, 5.41) is 3.06. The molecule has 0 rings (SSSR count). The number of carbonyl (C=O) groups is 1. The zero-order valence-corrected chi connectivity index (χ0v) is 12.6. The van der Waals surface area contributed by atoms with Crippen LogP contribution in [0.3, 0.4) is 0 Å². The molecule has 1 N–H and O–H groups in total. The molecule has 0 aliphatic rings. The normalized spacial score (nSPS) is 11.8. The van der Waals surface area contributed by atoms with Crippen LogP contribution in [0.1, 0.15) is 47.0 Å². The van der Waals surface area contributed by atoms with Crippen LogP contribution in [0.4, 0.5) is 0 Å². The van der Waals surface area contributed by atoms with Crippen molar-refractivity contribution in [2.45, 2.75) is 51.7 Å². The molecule has 0 spiro atoms. The van der Waals surface area contributed by atoms with Crippen LogP contribution in [0, 0.1) is 0 Å². The first-order valence-electron chi connectivity index (χ1n) is 6.05. The van der Waals surface area contributed by atoms with Crippen molar-refractivity contribution in [3.63, 3.8) is 0 Å². The lowest BCUT2D eigenvalue weighted by Crippen LogP contribution is -2.22. The number of ketones is 1. The molecule has 0 aromatic heterocycles. The Morgan fingerprint density at radius 1 is 1.31 bits per heavy atom. The molecule has 0 aliphatic carbocycles. The van der Waals surface area contributed by atoms with Crippen LogP contribution in [-0.2, 0) is 4.79 Å². The Morgan fingerprint density at radius 3 is 2.56 bits per heavy atom. The van der Waals surface area contributed by atoms with E-state index in [0.717, 1.165) is 18.7 Å². The predicted molar refractivity (Wildman–Crippen MR) is 77.2 cm³/mol. The van der Waals surface area contributed by atoms with Gasteiger partial charge in [0.15, 0.2) is 0 Å². The molecular weight excluding hydrogens is 238 g/mol. The molecule has 0 amide bonds. The van der Waals surface area contributed by atoms with Gasteiger partial charge < -0.3 is 5.32 Å². The van der Waals surface area contributed by atoms with E-state index in [4.69, 9.17) is 0 Å². The molecular formula is C12H25NOS2. The Hall–Kier alpha value is 0.330. The number of carbonyl (C=O) groups excluding carboxylic acids is 1. The topological polar surface area (TPSA) is 29.1 Å². The average Bonchev–Trinajstić information content (AvgIpc) is 2.25. The smallest absolute Gasteiger partial charge is 0.146 e. The van der Waals surface area contributed by atoms with Gasteiger partial charge in [0.1, 0.15) is 5.78 Å². The van der Waals surface area contributed by atoms with Crippen molar-refractivity contribution in [1.82, 2.24) is 5.32 Å². The van der Waals surface area contributed by atoms with Crippen molar-refractivity contribution in [3.8, 4) is 0 Å². The van der Waals surface area contributed by atoms with Crippen LogP contribution in [0.5, 0.6) is 0 Å². The average molecular weight is 263 g/mol. The van der Waals surface area contributed by atoms with Crippen molar-refractivity contribution in [1.29, 1.82) is 0 Å². The Labute approximate surface area is 108 Å². The minimum absolute atomic E-state index is 0.335. The standard InChI is InChI=1S/C12H25NOS2/c1-5-12(3,4)16-15-9-7-8-11(14)10-13-6-2/h13H,5-10H2,1-4H3. The third-order valence-corrected chi connectivity index (χ3v) is 5.91. The summed E-state index contributed by atoms with van der Waals surface area (Å²) in [5.74, 6) is 1.41. The molecule has 0 aliphatic heterocycles. The van der Waals surface area contributed by atoms with E-state index in [2.05, 4.69) is 26.1 Å². The maximum atomic E-state index is 11.3. The van der Waals surface area contributed by atoms with Gasteiger partial charge in [-0.1, -0.05) is 35.4 Å². The Balaban J connectivity index is 3.36. The monoisotopic (exact) mass is 263 g/mol. The predicted octanol–water partition coefficient (Wildman–Crippen LogP) is 3.52. The lowest BCUT2D eigenvalue weighted by atomic mass is 10.1. The second kappa shape index (κ2) is 9.37. The second-order valence-corrected chi connectivity index (χ2v) is 7.56. The SMILES string of the molecule is CCNCC(=O)CCCSSC(C)(C)CC. The van der Waals surface area contributed by atoms with Gasteiger partial charge in [-0.25, -0.2) is 0 Å². The summed E-state index contributed by atoms with van der Waals surface area (Å²) in [6, 6.07) is 0. The van der Waals surface area contributed by atoms with E-state index < -0.39 is 0 Å². The zero-order valence-electron chi connectivity index (χ0n) is 11.0. The highest BCUT2D eigenvalue weighted by Gasteiger charge is 2.15. The van der Waals surface area contributed by atoms with E-state index in [9.17, 15) is 4.79 Å². The summed E-state index contributed by atoms with van der Waals surface area (Å²) in [6.07, 6.45) is 2.90. The Kier molecular flexibility index (Phi) is 9.56. The van der Waals surface area contributed by atoms with E-state index in [1.54, 1.807) is 0 Å². The van der Waals surface area contributed by atoms with E-state index in [1.165, 1.54) is 6.42 Å². The van der Waals surface area contributed by atoms with Gasteiger partial charge in [0, 0.05) is 16.9 Å². The summed E-state index contributed by atoms with van der Waals surface area (Å²) < 4.78 is 0.360. The highest BCUT2D eigenvalue weighted by atomic mass is 33.1. The fraction of sp³-hybridized carbons (Fsp3) is 0.917. The van der Waals surface area contributed by atoms with Crippen molar-refractivity contribution >= 4 is 27.4 Å². The maximum Gasteiger partial charge on any atom is 0.146 e. The van der Waals surface area contributed by atoms with Crippen LogP contribution in [0.25, 0.3) is 0 Å². The van der Waals surface area contributed by atoms with Crippen molar-refractivity contribution < 1.29 is 4.79 Å². The number of hydrogen-bond acceptors (Lipinski definition) is 4. The maximum absolute atomic E-state index is 11.3. The van der Waals surface area contributed by atoms with Crippen molar-refractivity contribution in [2.24, 2.45) is 0 Å². The van der Waals surface area contributed by atoms with E-state index in [1.807, 2.05) is 28.5 Å². The summed E-state index contributed by atoms with van der Waals surface area (Å²) in [4.78, 5) is 11.3. The van der Waals surface area contributed by atoms with Crippen molar-refractivity contribution in [3.05, 3.63) is 0 Å². The van der Waals surface area contributed by atoms with Gasteiger partial charge in [0.25, 0.3) is 0 Å². The summed E-state index contributed by atoms with van der Waals surface area (Å²) >= 11 is 0. The molecule has 0 heterocycles. The largest absolute Gasteiger partial charge is 0.310 e. The van der Waals surface area contributed by atoms with Crippen LogP contribution in [0.2, 0.25) is 0 Å². The number of nitrogens with one attached hydrogen (secondary N) is 1. The minimum atomic E-state index is 0.335. The Morgan fingerprint density at radius 2 is 2.00 bits per heavy atom. The van der Waals surface area contributed by atoms with E-state index in [0.29, 0.717) is 23.5 Å². The fourth-order valence-corrected chi connectivity index (χ4v) is 3.64. The Bertz CT molecular complexity index is 195. The van der Waals surface area contributed by atoms with Crippen LogP contribution in [0.15, 0.2) is 0 Å². The van der Waals surface area contributed by atoms with Crippen molar-refractivity contribution in [2.75, 3.05) is 18.8 Å². The second-order valence-electron chi connectivity index (χ2n) is 4.44. The summed E-state index contributed by atoms with van der Waals surface area (Å²) in [7, 11) is 3.83. The first kappa shape index (κ1) is 16.3. The lowest BCUT2D eigenvalue weighted by Gasteiger charge is -2.20. The number of likely N-dealkylation sites (N-methyl/N-ethyl adjacent to an activating group) is 1. The third kappa shape index (κ3) is 9.55. The molecule has 0 saturated carbocycles. The molecule has 0 aromatic rings. The van der Waals surface area contributed by atoms with Gasteiger partial charge in [0.2, 0.25) is 0 Å². The van der Waals surface area contributed by atoms with Crippen LogP contribution >= 0.6 is 21.6 Å². The first-order chi connectivity index (χ1) is 7.52. The number of Topliss-reactive ketones (excluding diaryl/α,β-unsaturated/α-hetero) is 1. The molecule has 4 heteroatoms. The molecule has 2 nitrogen and oxygen atoms in total. The summed E-state index contributed by atoms with van der Waals surface area (Å²) in [5.41, 5.74) is 0. The molecule has 0 fully saturated rings. The molecule has 0 bridgehead atoms. The van der Waals surface area contributed by atoms with E-state index >= 15 is 0 Å². The number of rotatable bonds is 10. The van der Waals surface area contributed by atoms with Gasteiger partial charge in [-0.05, 0) is 33.2 Å². The minimum Gasteiger partial charge on any atom is -0.310 e. The van der Waals surface area contributed by atoms with Gasteiger partial charge in [-0.15, -0.1) is 0 Å². The fourth-order valence-electron chi connectivity index (χ4n) is 0.941. The third-order valence-electron chi connectivity index (χ3n) is 2.39. The summed E-state index contributed by atoms with van der Waals surface area (Å²) in [6.45, 7) is 10.2. The molecule has 0 atom stereocenters. The van der Waals surface area contributed by atoms with Crippen LogP contribution in [-0.4, -0.2) is 29.4 Å². The molecule has 0 saturated heterocycles. The lowest BCUT2D eigenvalue weighted by molar-refractivity contribution is -0.118. The number of hydrogen-bond donors (Lipinski definition) is 1.